The lowest BCUT2D eigenvalue weighted by Gasteiger charge is -2.26. The van der Waals surface area contributed by atoms with Crippen molar-refractivity contribution < 1.29 is 14.3 Å². The zero-order chi connectivity index (χ0) is 11.7. The Morgan fingerprint density at radius 2 is 1.88 bits per heavy atom. The van der Waals surface area contributed by atoms with Gasteiger partial charge in [0, 0.05) is 4.47 Å². The third kappa shape index (κ3) is 2.01. The van der Waals surface area contributed by atoms with E-state index in [-0.39, 0.29) is 25.0 Å². The van der Waals surface area contributed by atoms with Gasteiger partial charge < -0.3 is 4.74 Å². The van der Waals surface area contributed by atoms with Crippen molar-refractivity contribution in [2.75, 3.05) is 18.1 Å². The number of rotatable bonds is 1. The molecule has 0 saturated carbocycles. The molecule has 4 nitrogen and oxygen atoms in total. The van der Waals surface area contributed by atoms with Crippen LogP contribution in [0.4, 0.5) is 5.69 Å². The summed E-state index contributed by atoms with van der Waals surface area (Å²) in [6.45, 7) is 1.78. The normalized spacial score (nSPS) is 16.8. The van der Waals surface area contributed by atoms with Gasteiger partial charge in [0.15, 0.2) is 0 Å². The van der Waals surface area contributed by atoms with Gasteiger partial charge in [0.05, 0.1) is 5.69 Å². The smallest absolute Gasteiger partial charge is 0.259 e. The first-order valence-electron chi connectivity index (χ1n) is 4.79. The Morgan fingerprint density at radius 3 is 2.44 bits per heavy atom. The van der Waals surface area contributed by atoms with Gasteiger partial charge in [0.1, 0.15) is 13.2 Å². The summed E-state index contributed by atoms with van der Waals surface area (Å²) in [4.78, 5) is 24.4. The van der Waals surface area contributed by atoms with Gasteiger partial charge >= 0.3 is 0 Å². The molecule has 84 valence electrons. The summed E-state index contributed by atoms with van der Waals surface area (Å²) >= 11 is 3.34. The third-order valence-corrected chi connectivity index (χ3v) is 2.84. The quantitative estimate of drug-likeness (QED) is 0.737. The van der Waals surface area contributed by atoms with Gasteiger partial charge in [-0.25, -0.2) is 4.90 Å². The van der Waals surface area contributed by atoms with E-state index in [0.29, 0.717) is 5.69 Å². The Balaban J connectivity index is 2.42. The fourth-order valence-electron chi connectivity index (χ4n) is 1.63. The Morgan fingerprint density at radius 1 is 1.25 bits per heavy atom. The molecule has 0 atom stereocenters. The number of morpholine rings is 1. The maximum Gasteiger partial charge on any atom is 0.259 e. The molecule has 1 aromatic rings. The van der Waals surface area contributed by atoms with Crippen molar-refractivity contribution in [2.24, 2.45) is 0 Å². The third-order valence-electron chi connectivity index (χ3n) is 2.35. The molecule has 1 fully saturated rings. The predicted molar refractivity (Wildman–Crippen MR) is 62.2 cm³/mol. The van der Waals surface area contributed by atoms with E-state index in [0.717, 1.165) is 10.0 Å². The second-order valence-corrected chi connectivity index (χ2v) is 4.46. The van der Waals surface area contributed by atoms with Gasteiger partial charge in [-0.15, -0.1) is 0 Å². The Bertz CT molecular complexity index is 443. The minimum atomic E-state index is -0.318. The lowest BCUT2D eigenvalue weighted by atomic mass is 10.1. The van der Waals surface area contributed by atoms with E-state index in [1.54, 1.807) is 12.1 Å². The summed E-state index contributed by atoms with van der Waals surface area (Å²) in [7, 11) is 0. The summed E-state index contributed by atoms with van der Waals surface area (Å²) < 4.78 is 5.78. The van der Waals surface area contributed by atoms with Crippen LogP contribution in [0.15, 0.2) is 22.7 Å². The summed E-state index contributed by atoms with van der Waals surface area (Å²) in [6, 6.07) is 5.42. The van der Waals surface area contributed by atoms with Crippen LogP contribution in [-0.2, 0) is 14.3 Å². The molecular weight excluding hydrogens is 274 g/mol. The van der Waals surface area contributed by atoms with Crippen molar-refractivity contribution in [3.8, 4) is 0 Å². The molecule has 0 aliphatic carbocycles. The number of nitrogens with zero attached hydrogens (tertiary/aromatic N) is 1. The first-order chi connectivity index (χ1) is 7.59. The summed E-state index contributed by atoms with van der Waals surface area (Å²) in [5, 5.41) is 0. The average Bonchev–Trinajstić information content (AvgIpc) is 2.20. The second-order valence-electron chi connectivity index (χ2n) is 3.55. The zero-order valence-corrected chi connectivity index (χ0v) is 10.3. The first kappa shape index (κ1) is 11.3. The van der Waals surface area contributed by atoms with Crippen molar-refractivity contribution in [2.45, 2.75) is 6.92 Å². The second kappa shape index (κ2) is 4.35. The SMILES string of the molecule is Cc1cc(Br)ccc1N1C(=O)COCC1=O. The van der Waals surface area contributed by atoms with E-state index in [9.17, 15) is 9.59 Å². The van der Waals surface area contributed by atoms with Gasteiger partial charge in [0.25, 0.3) is 11.8 Å². The van der Waals surface area contributed by atoms with Gasteiger partial charge in [-0.3, -0.25) is 9.59 Å². The maximum absolute atomic E-state index is 11.6. The summed E-state index contributed by atoms with van der Waals surface area (Å²) in [5.41, 5.74) is 1.50. The Labute approximate surface area is 101 Å². The fourth-order valence-corrected chi connectivity index (χ4v) is 2.11. The largest absolute Gasteiger partial charge is 0.362 e. The van der Waals surface area contributed by atoms with Crippen LogP contribution in [0, 0.1) is 6.92 Å². The van der Waals surface area contributed by atoms with Crippen LogP contribution in [0.25, 0.3) is 0 Å². The molecule has 0 unspecified atom stereocenters. The molecule has 0 aromatic heterocycles. The molecule has 1 saturated heterocycles. The van der Waals surface area contributed by atoms with Crippen LogP contribution in [0.1, 0.15) is 5.56 Å². The van der Waals surface area contributed by atoms with Crippen molar-refractivity contribution >= 4 is 33.4 Å². The van der Waals surface area contributed by atoms with Crippen molar-refractivity contribution in [3.05, 3.63) is 28.2 Å². The summed E-state index contributed by atoms with van der Waals surface area (Å²) in [6.07, 6.45) is 0. The maximum atomic E-state index is 11.6. The molecule has 1 aliphatic rings. The number of benzene rings is 1. The van der Waals surface area contributed by atoms with Crippen LogP contribution < -0.4 is 4.90 Å². The van der Waals surface area contributed by atoms with E-state index in [1.165, 1.54) is 4.90 Å². The Kier molecular flexibility index (Phi) is 3.07. The van der Waals surface area contributed by atoms with Crippen LogP contribution in [-0.4, -0.2) is 25.0 Å². The highest BCUT2D eigenvalue weighted by atomic mass is 79.9. The van der Waals surface area contributed by atoms with Gasteiger partial charge in [-0.2, -0.15) is 0 Å². The molecular formula is C11H10BrNO3. The topological polar surface area (TPSA) is 46.6 Å². The zero-order valence-electron chi connectivity index (χ0n) is 8.70. The molecule has 1 aromatic carbocycles. The van der Waals surface area contributed by atoms with E-state index in [2.05, 4.69) is 15.9 Å². The lowest BCUT2D eigenvalue weighted by Crippen LogP contribution is -2.46. The lowest BCUT2D eigenvalue weighted by molar-refractivity contribution is -0.138. The van der Waals surface area contributed by atoms with Crippen LogP contribution in [0.2, 0.25) is 0 Å². The standard InChI is InChI=1S/C11H10BrNO3/c1-7-4-8(12)2-3-9(7)13-10(14)5-16-6-11(13)15/h2-4H,5-6H2,1H3. The van der Waals surface area contributed by atoms with Crippen molar-refractivity contribution in [3.63, 3.8) is 0 Å². The number of hydrogen-bond acceptors (Lipinski definition) is 3. The molecule has 0 N–H and O–H groups in total. The number of carbonyl (C=O) groups is 2. The number of halogens is 1. The minimum absolute atomic E-state index is 0.0404. The molecule has 0 radical (unpaired) electrons. The molecule has 1 aliphatic heterocycles. The molecule has 2 rings (SSSR count). The highest BCUT2D eigenvalue weighted by Gasteiger charge is 2.28. The van der Waals surface area contributed by atoms with E-state index < -0.39 is 0 Å². The number of imide groups is 1. The number of anilines is 1. The van der Waals surface area contributed by atoms with Crippen LogP contribution in [0.3, 0.4) is 0 Å². The van der Waals surface area contributed by atoms with Crippen molar-refractivity contribution in [1.29, 1.82) is 0 Å². The monoisotopic (exact) mass is 283 g/mol. The fraction of sp³-hybridized carbons (Fsp3) is 0.273. The molecule has 0 spiro atoms. The van der Waals surface area contributed by atoms with Gasteiger partial charge in [0.2, 0.25) is 0 Å². The molecule has 1 heterocycles. The van der Waals surface area contributed by atoms with E-state index >= 15 is 0 Å². The molecule has 0 bridgehead atoms. The van der Waals surface area contributed by atoms with E-state index in [1.807, 2.05) is 13.0 Å². The van der Waals surface area contributed by atoms with Crippen molar-refractivity contribution in [1.82, 2.24) is 0 Å². The molecule has 5 heteroatoms. The van der Waals surface area contributed by atoms with Gasteiger partial charge in [-0.05, 0) is 30.7 Å². The highest BCUT2D eigenvalue weighted by molar-refractivity contribution is 9.10. The predicted octanol–water partition coefficient (Wildman–Crippen LogP) is 1.65. The number of aryl methyl sites for hydroxylation is 1. The van der Waals surface area contributed by atoms with Crippen LogP contribution >= 0.6 is 15.9 Å². The highest BCUT2D eigenvalue weighted by Crippen LogP contribution is 2.25. The number of amides is 2. The first-order valence-corrected chi connectivity index (χ1v) is 5.58. The Hall–Kier alpha value is -1.20. The molecule has 16 heavy (non-hydrogen) atoms. The number of carbonyl (C=O) groups excluding carboxylic acids is 2. The molecule has 2 amide bonds. The minimum Gasteiger partial charge on any atom is -0.362 e. The summed E-state index contributed by atoms with van der Waals surface area (Å²) in [5.74, 6) is -0.636. The average molecular weight is 284 g/mol. The van der Waals surface area contributed by atoms with Gasteiger partial charge in [-0.1, -0.05) is 15.9 Å². The van der Waals surface area contributed by atoms with E-state index in [4.69, 9.17) is 4.74 Å². The number of hydrogen-bond donors (Lipinski definition) is 0. The number of ether oxygens (including phenoxy) is 1. The van der Waals surface area contributed by atoms with Crippen LogP contribution in [0.5, 0.6) is 0 Å².